The lowest BCUT2D eigenvalue weighted by molar-refractivity contribution is -0.00579. The fourth-order valence-electron chi connectivity index (χ4n) is 1.08. The van der Waals surface area contributed by atoms with E-state index in [4.69, 9.17) is 21.1 Å². The van der Waals surface area contributed by atoms with E-state index in [0.717, 1.165) is 0 Å². The highest BCUT2D eigenvalue weighted by molar-refractivity contribution is 9.10. The molecule has 0 amide bonds. The Hall–Kier alpha value is 0.170. The summed E-state index contributed by atoms with van der Waals surface area (Å²) in [5.41, 5.74) is 0. The molecule has 2 unspecified atom stereocenters. The first-order valence-corrected chi connectivity index (χ1v) is 4.63. The molecule has 12 heavy (non-hydrogen) atoms. The molecule has 1 rings (SSSR count). The Balaban J connectivity index is 2.91. The molecule has 0 saturated carbocycles. The van der Waals surface area contributed by atoms with Gasteiger partial charge in [-0.1, -0.05) is 17.7 Å². The van der Waals surface area contributed by atoms with Crippen LogP contribution in [0.4, 0.5) is 0 Å². The van der Waals surface area contributed by atoms with Crippen LogP contribution in [0, 0.1) is 0 Å². The van der Waals surface area contributed by atoms with Gasteiger partial charge in [-0.3, -0.25) is 0 Å². The van der Waals surface area contributed by atoms with Crippen LogP contribution in [-0.4, -0.2) is 24.8 Å². The van der Waals surface area contributed by atoms with Crippen molar-refractivity contribution in [3.8, 4) is 0 Å². The molecule has 1 aliphatic carbocycles. The molecule has 0 aromatic rings. The van der Waals surface area contributed by atoms with Crippen molar-refractivity contribution >= 4 is 27.5 Å². The third-order valence-corrected chi connectivity index (χ3v) is 3.06. The maximum Gasteiger partial charge on any atom is 0.172 e. The van der Waals surface area contributed by atoms with Crippen molar-refractivity contribution in [1.29, 1.82) is 0 Å². The summed E-state index contributed by atoms with van der Waals surface area (Å²) in [7, 11) is 3.19. The zero-order valence-electron chi connectivity index (χ0n) is 6.88. The molecule has 0 heterocycles. The van der Waals surface area contributed by atoms with Crippen LogP contribution >= 0.6 is 27.5 Å². The first-order chi connectivity index (χ1) is 5.64. The Kier molecular flexibility index (Phi) is 3.35. The van der Waals surface area contributed by atoms with Crippen molar-refractivity contribution in [3.05, 3.63) is 23.3 Å². The zero-order valence-corrected chi connectivity index (χ0v) is 9.22. The summed E-state index contributed by atoms with van der Waals surface area (Å²) in [6.07, 6.45) is 5.19. The van der Waals surface area contributed by atoms with E-state index in [0.29, 0.717) is 5.03 Å². The molecule has 68 valence electrons. The number of methoxy groups -OCH3 is 2. The Labute approximate surface area is 85.3 Å². The molecular weight excluding hydrogens is 243 g/mol. The summed E-state index contributed by atoms with van der Waals surface area (Å²) in [5, 5.41) is 0.624. The fourth-order valence-corrected chi connectivity index (χ4v) is 2.12. The summed E-state index contributed by atoms with van der Waals surface area (Å²) in [4.78, 5) is 0. The van der Waals surface area contributed by atoms with Crippen molar-refractivity contribution in [2.75, 3.05) is 14.2 Å². The second kappa shape index (κ2) is 3.92. The van der Waals surface area contributed by atoms with Gasteiger partial charge in [-0.25, -0.2) is 0 Å². The molecule has 0 spiro atoms. The second-order valence-electron chi connectivity index (χ2n) is 2.43. The monoisotopic (exact) mass is 252 g/mol. The van der Waals surface area contributed by atoms with Gasteiger partial charge in [0.1, 0.15) is 6.10 Å². The minimum atomic E-state index is -0.631. The van der Waals surface area contributed by atoms with Crippen molar-refractivity contribution in [3.63, 3.8) is 0 Å². The molecule has 0 radical (unpaired) electrons. The number of rotatable bonds is 2. The third-order valence-electron chi connectivity index (χ3n) is 1.74. The van der Waals surface area contributed by atoms with Crippen LogP contribution in [0.2, 0.25) is 0 Å². The van der Waals surface area contributed by atoms with Crippen molar-refractivity contribution in [1.82, 2.24) is 0 Å². The maximum absolute atomic E-state index is 5.92. The van der Waals surface area contributed by atoms with Crippen LogP contribution in [0.15, 0.2) is 23.3 Å². The van der Waals surface area contributed by atoms with E-state index in [9.17, 15) is 0 Å². The normalized spacial score (nSPS) is 35.0. The van der Waals surface area contributed by atoms with Gasteiger partial charge < -0.3 is 9.47 Å². The first kappa shape index (κ1) is 10.3. The largest absolute Gasteiger partial charge is 0.372 e. The molecule has 4 heteroatoms. The lowest BCUT2D eigenvalue weighted by Gasteiger charge is -2.32. The van der Waals surface area contributed by atoms with Gasteiger partial charge in [0.15, 0.2) is 4.51 Å². The van der Waals surface area contributed by atoms with E-state index in [1.165, 1.54) is 0 Å². The molecule has 0 fully saturated rings. The maximum atomic E-state index is 5.92. The van der Waals surface area contributed by atoms with E-state index in [1.807, 2.05) is 12.2 Å². The predicted octanol–water partition coefficient (Wildman–Crippen LogP) is 2.43. The van der Waals surface area contributed by atoms with Crippen molar-refractivity contribution in [2.45, 2.75) is 10.6 Å². The average Bonchev–Trinajstić information content (AvgIpc) is 2.05. The topological polar surface area (TPSA) is 18.5 Å². The SMILES string of the molecule is COC1C(Cl)=CC=CC1(Br)OC. The highest BCUT2D eigenvalue weighted by atomic mass is 79.9. The average molecular weight is 254 g/mol. The smallest absolute Gasteiger partial charge is 0.172 e. The molecular formula is C8H10BrClO2. The van der Waals surface area contributed by atoms with Gasteiger partial charge in [-0.2, -0.15) is 0 Å². The first-order valence-electron chi connectivity index (χ1n) is 3.46. The Morgan fingerprint density at radius 2 is 2.25 bits per heavy atom. The number of hydrogen-bond donors (Lipinski definition) is 0. The molecule has 2 nitrogen and oxygen atoms in total. The number of hydrogen-bond acceptors (Lipinski definition) is 2. The van der Waals surface area contributed by atoms with Crippen LogP contribution < -0.4 is 0 Å². The molecule has 0 aliphatic heterocycles. The summed E-state index contributed by atoms with van der Waals surface area (Å²) in [6.45, 7) is 0. The lowest BCUT2D eigenvalue weighted by Crippen LogP contribution is -2.39. The number of halogens is 2. The quantitative estimate of drug-likeness (QED) is 0.704. The minimum Gasteiger partial charge on any atom is -0.372 e. The third kappa shape index (κ3) is 1.74. The van der Waals surface area contributed by atoms with Gasteiger partial charge in [0.2, 0.25) is 0 Å². The molecule has 0 N–H and O–H groups in total. The van der Waals surface area contributed by atoms with Gasteiger partial charge in [0, 0.05) is 14.2 Å². The summed E-state index contributed by atoms with van der Waals surface area (Å²) >= 11 is 9.32. The fraction of sp³-hybridized carbons (Fsp3) is 0.500. The summed E-state index contributed by atoms with van der Waals surface area (Å²) < 4.78 is 9.79. The molecule has 0 saturated heterocycles. The van der Waals surface area contributed by atoms with Crippen LogP contribution in [-0.2, 0) is 9.47 Å². The number of alkyl halides is 1. The minimum absolute atomic E-state index is 0.283. The van der Waals surface area contributed by atoms with Crippen molar-refractivity contribution < 1.29 is 9.47 Å². The lowest BCUT2D eigenvalue weighted by atomic mass is 10.1. The highest BCUT2D eigenvalue weighted by Gasteiger charge is 2.37. The van der Waals surface area contributed by atoms with E-state index in [-0.39, 0.29) is 6.10 Å². The predicted molar refractivity (Wildman–Crippen MR) is 52.5 cm³/mol. The van der Waals surface area contributed by atoms with Gasteiger partial charge in [-0.15, -0.1) is 0 Å². The van der Waals surface area contributed by atoms with Gasteiger partial charge in [-0.05, 0) is 28.1 Å². The van der Waals surface area contributed by atoms with Crippen LogP contribution in [0.3, 0.4) is 0 Å². The van der Waals surface area contributed by atoms with Gasteiger partial charge in [0.05, 0.1) is 5.03 Å². The van der Waals surface area contributed by atoms with Crippen LogP contribution in [0.5, 0.6) is 0 Å². The summed E-state index contributed by atoms with van der Waals surface area (Å²) in [5.74, 6) is 0. The standard InChI is InChI=1S/C8H10BrClO2/c1-11-7-6(10)4-3-5-8(7,9)12-2/h3-5,7H,1-2H3. The second-order valence-corrected chi connectivity index (χ2v) is 4.10. The highest BCUT2D eigenvalue weighted by Crippen LogP contribution is 2.35. The zero-order chi connectivity index (χ0) is 9.19. The number of ether oxygens (including phenoxy) is 2. The molecule has 0 aromatic carbocycles. The van der Waals surface area contributed by atoms with Gasteiger partial charge >= 0.3 is 0 Å². The molecule has 1 aliphatic rings. The van der Waals surface area contributed by atoms with E-state index < -0.39 is 4.51 Å². The molecule has 0 bridgehead atoms. The Morgan fingerprint density at radius 3 is 2.67 bits per heavy atom. The molecule has 0 aromatic heterocycles. The van der Waals surface area contributed by atoms with E-state index >= 15 is 0 Å². The Morgan fingerprint density at radius 1 is 1.58 bits per heavy atom. The van der Waals surface area contributed by atoms with E-state index in [1.54, 1.807) is 20.3 Å². The van der Waals surface area contributed by atoms with Crippen molar-refractivity contribution in [2.24, 2.45) is 0 Å². The van der Waals surface area contributed by atoms with E-state index in [2.05, 4.69) is 15.9 Å². The summed E-state index contributed by atoms with van der Waals surface area (Å²) in [6, 6.07) is 0. The van der Waals surface area contributed by atoms with Crippen LogP contribution in [0.1, 0.15) is 0 Å². The van der Waals surface area contributed by atoms with Crippen LogP contribution in [0.25, 0.3) is 0 Å². The Bertz CT molecular complexity index is 227. The molecule has 2 atom stereocenters. The number of allylic oxidation sites excluding steroid dienone is 2. The van der Waals surface area contributed by atoms with Gasteiger partial charge in [0.25, 0.3) is 0 Å².